The van der Waals surface area contributed by atoms with Gasteiger partial charge in [0.05, 0.1) is 13.2 Å². The Bertz CT molecular complexity index is 371. The summed E-state index contributed by atoms with van der Waals surface area (Å²) in [5, 5.41) is 8.99. The first-order valence-corrected chi connectivity index (χ1v) is 7.05. The third kappa shape index (κ3) is 4.18. The third-order valence-electron chi connectivity index (χ3n) is 2.60. The Hall–Kier alpha value is -0.740. The minimum Gasteiger partial charge on any atom is -0.480 e. The number of carbonyl (C=O) groups is 1. The first-order chi connectivity index (χ1) is 8.49. The minimum absolute atomic E-state index is 0.0569. The normalized spacial score (nSPS) is 21.9. The maximum absolute atomic E-state index is 11.8. The summed E-state index contributed by atoms with van der Waals surface area (Å²) in [7, 11) is -2.47. The summed E-state index contributed by atoms with van der Waals surface area (Å²) < 4.78 is 29.3. The molecule has 1 atom stereocenters. The van der Waals surface area contributed by atoms with Crippen LogP contribution in [0.2, 0.25) is 0 Å². The van der Waals surface area contributed by atoms with Gasteiger partial charge in [-0.1, -0.05) is 4.89 Å². The molecular weight excluding hydrogens is 264 g/mol. The van der Waals surface area contributed by atoms with Crippen LogP contribution in [-0.4, -0.2) is 56.7 Å². The van der Waals surface area contributed by atoms with Gasteiger partial charge in [-0.15, -0.1) is 0 Å². The quantitative estimate of drug-likeness (QED) is 0.474. The maximum Gasteiger partial charge on any atom is 0.322 e. The van der Waals surface area contributed by atoms with E-state index in [1.807, 2.05) is 4.89 Å². The van der Waals surface area contributed by atoms with Gasteiger partial charge >= 0.3 is 16.2 Å². The van der Waals surface area contributed by atoms with Crippen molar-refractivity contribution in [3.05, 3.63) is 0 Å². The largest absolute Gasteiger partial charge is 0.480 e. The van der Waals surface area contributed by atoms with Gasteiger partial charge in [0.15, 0.2) is 0 Å². The number of piperidine rings is 1. The molecule has 18 heavy (non-hydrogen) atoms. The van der Waals surface area contributed by atoms with E-state index in [1.54, 1.807) is 0 Å². The summed E-state index contributed by atoms with van der Waals surface area (Å²) >= 11 is 0. The second-order valence-electron chi connectivity index (χ2n) is 3.89. The summed E-state index contributed by atoms with van der Waals surface area (Å²) in [6, 6.07) is -1.03. The van der Waals surface area contributed by atoms with Gasteiger partial charge in [0.25, 0.3) is 0 Å². The monoisotopic (exact) mass is 282 g/mol. The Balaban J connectivity index is 2.60. The highest BCUT2D eigenvalue weighted by atomic mass is 32.2. The van der Waals surface area contributed by atoms with Gasteiger partial charge in [-0.2, -0.15) is 12.7 Å². The Labute approximate surface area is 106 Å². The molecule has 0 aliphatic carbocycles. The molecule has 0 aromatic heterocycles. The number of nitrogens with one attached hydrogen (secondary N) is 1. The van der Waals surface area contributed by atoms with Crippen LogP contribution >= 0.6 is 0 Å². The van der Waals surface area contributed by atoms with Crippen LogP contribution in [0.4, 0.5) is 0 Å². The van der Waals surface area contributed by atoms with E-state index in [4.69, 9.17) is 14.7 Å². The predicted molar refractivity (Wildman–Crippen MR) is 61.9 cm³/mol. The van der Waals surface area contributed by atoms with Gasteiger partial charge in [0.1, 0.15) is 6.04 Å². The van der Waals surface area contributed by atoms with E-state index in [0.29, 0.717) is 19.3 Å². The molecule has 1 rings (SSSR count). The van der Waals surface area contributed by atoms with E-state index in [2.05, 4.69) is 0 Å². The molecule has 1 heterocycles. The lowest BCUT2D eigenvalue weighted by Gasteiger charge is -2.31. The van der Waals surface area contributed by atoms with Gasteiger partial charge in [0.2, 0.25) is 0 Å². The van der Waals surface area contributed by atoms with Gasteiger partial charge in [-0.25, -0.2) is 0 Å². The summed E-state index contributed by atoms with van der Waals surface area (Å²) in [6.07, 6.45) is 1.66. The number of hydrogen-bond donors (Lipinski definition) is 2. The molecule has 0 bridgehead atoms. The zero-order valence-corrected chi connectivity index (χ0v) is 11.0. The first-order valence-electron chi connectivity index (χ1n) is 5.61. The van der Waals surface area contributed by atoms with Crippen LogP contribution in [0.3, 0.4) is 0 Å². The Morgan fingerprint density at radius 2 is 2.17 bits per heavy atom. The molecule has 8 nitrogen and oxygen atoms in total. The van der Waals surface area contributed by atoms with Crippen molar-refractivity contribution < 1.29 is 27.9 Å². The van der Waals surface area contributed by atoms with Crippen molar-refractivity contribution in [3.63, 3.8) is 0 Å². The van der Waals surface area contributed by atoms with Gasteiger partial charge < -0.3 is 9.84 Å². The molecule has 0 aromatic carbocycles. The second kappa shape index (κ2) is 7.00. The number of nitrogens with zero attached hydrogens (tertiary/aromatic N) is 1. The van der Waals surface area contributed by atoms with Gasteiger partial charge in [0, 0.05) is 13.7 Å². The molecular formula is C9H18N2O6S. The molecule has 0 radical (unpaired) electrons. The van der Waals surface area contributed by atoms with Crippen LogP contribution in [0.15, 0.2) is 0 Å². The molecule has 0 amide bonds. The number of hydrogen-bond acceptors (Lipinski definition) is 5. The maximum atomic E-state index is 11.8. The van der Waals surface area contributed by atoms with Gasteiger partial charge in [-0.05, 0) is 19.3 Å². The molecule has 0 aromatic rings. The van der Waals surface area contributed by atoms with E-state index in [1.165, 1.54) is 7.11 Å². The van der Waals surface area contributed by atoms with Crippen LogP contribution in [-0.2, 0) is 24.6 Å². The standard InChI is InChI=1S/C9H18N2O6S/c1-16-6-7-17-10-18(14,15)11-5-3-2-4-8(11)9(12)13/h8,10H,2-7H2,1H3,(H,12,13). The van der Waals surface area contributed by atoms with E-state index >= 15 is 0 Å². The lowest BCUT2D eigenvalue weighted by atomic mass is 10.1. The van der Waals surface area contributed by atoms with Crippen LogP contribution in [0.25, 0.3) is 0 Å². The van der Waals surface area contributed by atoms with Crippen molar-refractivity contribution in [2.45, 2.75) is 25.3 Å². The molecule has 1 unspecified atom stereocenters. The Morgan fingerprint density at radius 1 is 1.44 bits per heavy atom. The van der Waals surface area contributed by atoms with Crippen molar-refractivity contribution in [1.82, 2.24) is 9.19 Å². The molecule has 0 spiro atoms. The summed E-state index contributed by atoms with van der Waals surface area (Å²) in [5.74, 6) is -1.14. The highest BCUT2D eigenvalue weighted by molar-refractivity contribution is 7.87. The third-order valence-corrected chi connectivity index (χ3v) is 3.98. The number of methoxy groups -OCH3 is 1. The van der Waals surface area contributed by atoms with Crippen LogP contribution in [0, 0.1) is 0 Å². The number of aliphatic carboxylic acids is 1. The second-order valence-corrected chi connectivity index (χ2v) is 5.48. The number of rotatable bonds is 7. The fraction of sp³-hybridized carbons (Fsp3) is 0.889. The predicted octanol–water partition coefficient (Wildman–Crippen LogP) is -0.662. The van der Waals surface area contributed by atoms with E-state index in [-0.39, 0.29) is 19.8 Å². The molecule has 1 fully saturated rings. The van der Waals surface area contributed by atoms with Crippen LogP contribution in [0.5, 0.6) is 0 Å². The fourth-order valence-electron chi connectivity index (χ4n) is 1.73. The Morgan fingerprint density at radius 3 is 2.78 bits per heavy atom. The molecule has 106 valence electrons. The highest BCUT2D eigenvalue weighted by Gasteiger charge is 2.36. The van der Waals surface area contributed by atoms with Crippen molar-refractivity contribution >= 4 is 16.2 Å². The van der Waals surface area contributed by atoms with Gasteiger partial charge in [-0.3, -0.25) is 9.63 Å². The molecule has 1 aliphatic rings. The zero-order chi connectivity index (χ0) is 13.6. The summed E-state index contributed by atoms with van der Waals surface area (Å²) in [5.41, 5.74) is 0. The smallest absolute Gasteiger partial charge is 0.322 e. The average molecular weight is 282 g/mol. The van der Waals surface area contributed by atoms with E-state index < -0.39 is 22.2 Å². The SMILES string of the molecule is COCCONS(=O)(=O)N1CCCCC1C(=O)O. The van der Waals surface area contributed by atoms with Crippen LogP contribution in [0.1, 0.15) is 19.3 Å². The number of carboxylic acid groups (broad SMARTS) is 1. The molecule has 2 N–H and O–H groups in total. The topological polar surface area (TPSA) is 105 Å². The molecule has 1 aliphatic heterocycles. The van der Waals surface area contributed by atoms with Crippen LogP contribution < -0.4 is 4.89 Å². The van der Waals surface area contributed by atoms with E-state index in [9.17, 15) is 13.2 Å². The first kappa shape index (κ1) is 15.3. The number of carboxylic acids is 1. The average Bonchev–Trinajstić information content (AvgIpc) is 2.35. The lowest BCUT2D eigenvalue weighted by Crippen LogP contribution is -2.52. The fourth-order valence-corrected chi connectivity index (χ4v) is 2.96. The highest BCUT2D eigenvalue weighted by Crippen LogP contribution is 2.19. The minimum atomic E-state index is -3.93. The lowest BCUT2D eigenvalue weighted by molar-refractivity contribution is -0.142. The Kier molecular flexibility index (Phi) is 5.96. The summed E-state index contributed by atoms with van der Waals surface area (Å²) in [6.45, 7) is 0.478. The zero-order valence-electron chi connectivity index (χ0n) is 10.2. The number of ether oxygens (including phenoxy) is 1. The van der Waals surface area contributed by atoms with Crippen molar-refractivity contribution in [1.29, 1.82) is 0 Å². The van der Waals surface area contributed by atoms with Crippen molar-refractivity contribution in [2.24, 2.45) is 0 Å². The van der Waals surface area contributed by atoms with Crippen molar-refractivity contribution in [2.75, 3.05) is 26.9 Å². The summed E-state index contributed by atoms with van der Waals surface area (Å²) in [4.78, 5) is 17.6. The molecule has 1 saturated heterocycles. The van der Waals surface area contributed by atoms with E-state index in [0.717, 1.165) is 4.31 Å². The molecule has 9 heteroatoms. The van der Waals surface area contributed by atoms with Crippen molar-refractivity contribution in [3.8, 4) is 0 Å². The molecule has 0 saturated carbocycles.